The van der Waals surface area contributed by atoms with E-state index >= 15 is 0 Å². The zero-order chi connectivity index (χ0) is 9.26. The van der Waals surface area contributed by atoms with Gasteiger partial charge in [0.05, 0.1) is 0 Å². The SMILES string of the molecule is C#Cc1cccc2c(=O)[nH]ccc12. The number of pyridine rings is 1. The topological polar surface area (TPSA) is 32.9 Å². The molecule has 2 heteroatoms. The van der Waals surface area contributed by atoms with E-state index in [1.54, 1.807) is 18.3 Å². The van der Waals surface area contributed by atoms with Crippen LogP contribution in [-0.4, -0.2) is 4.98 Å². The van der Waals surface area contributed by atoms with Crippen LogP contribution < -0.4 is 5.56 Å². The molecule has 13 heavy (non-hydrogen) atoms. The minimum Gasteiger partial charge on any atom is -0.329 e. The Hall–Kier alpha value is -2.01. The van der Waals surface area contributed by atoms with Crippen LogP contribution in [0.5, 0.6) is 0 Å². The summed E-state index contributed by atoms with van der Waals surface area (Å²) in [6.45, 7) is 0. The highest BCUT2D eigenvalue weighted by Crippen LogP contribution is 2.12. The molecule has 0 spiro atoms. The number of rotatable bonds is 0. The maximum Gasteiger partial charge on any atom is 0.255 e. The molecule has 0 saturated heterocycles. The van der Waals surface area contributed by atoms with E-state index in [-0.39, 0.29) is 5.56 Å². The number of aromatic nitrogens is 1. The van der Waals surface area contributed by atoms with Crippen molar-refractivity contribution in [3.8, 4) is 12.3 Å². The van der Waals surface area contributed by atoms with Gasteiger partial charge in [-0.15, -0.1) is 6.42 Å². The van der Waals surface area contributed by atoms with Crippen LogP contribution in [0, 0.1) is 12.3 Å². The molecule has 0 radical (unpaired) electrons. The van der Waals surface area contributed by atoms with Crippen molar-refractivity contribution in [3.05, 3.63) is 46.4 Å². The fourth-order valence-electron chi connectivity index (χ4n) is 1.35. The lowest BCUT2D eigenvalue weighted by Crippen LogP contribution is -2.04. The first-order valence-electron chi connectivity index (χ1n) is 3.90. The maximum atomic E-state index is 11.3. The van der Waals surface area contributed by atoms with Gasteiger partial charge in [0, 0.05) is 22.5 Å². The molecular formula is C11H7NO. The smallest absolute Gasteiger partial charge is 0.255 e. The van der Waals surface area contributed by atoms with Crippen LogP contribution in [0.1, 0.15) is 5.56 Å². The molecule has 1 aromatic carbocycles. The molecular weight excluding hydrogens is 162 g/mol. The summed E-state index contributed by atoms with van der Waals surface area (Å²) in [5, 5.41) is 1.46. The molecule has 0 aliphatic rings. The second kappa shape index (κ2) is 2.80. The van der Waals surface area contributed by atoms with E-state index in [9.17, 15) is 4.79 Å². The lowest BCUT2D eigenvalue weighted by Gasteiger charge is -1.97. The average molecular weight is 169 g/mol. The predicted octanol–water partition coefficient (Wildman–Crippen LogP) is 1.51. The number of hydrogen-bond acceptors (Lipinski definition) is 1. The van der Waals surface area contributed by atoms with E-state index in [0.717, 1.165) is 10.9 Å². The van der Waals surface area contributed by atoms with E-state index in [1.165, 1.54) is 0 Å². The standard InChI is InChI=1S/C11H7NO/c1-2-8-4-3-5-10-9(8)6-7-12-11(10)13/h1,3-7H,(H,12,13). The third-order valence-electron chi connectivity index (χ3n) is 1.97. The van der Waals surface area contributed by atoms with Gasteiger partial charge in [0.1, 0.15) is 0 Å². The first kappa shape index (κ1) is 7.63. The van der Waals surface area contributed by atoms with Gasteiger partial charge in [-0.1, -0.05) is 12.0 Å². The quantitative estimate of drug-likeness (QED) is 0.596. The van der Waals surface area contributed by atoms with E-state index in [1.807, 2.05) is 12.1 Å². The second-order valence-corrected chi connectivity index (χ2v) is 2.72. The molecule has 2 nitrogen and oxygen atoms in total. The summed E-state index contributed by atoms with van der Waals surface area (Å²) in [4.78, 5) is 13.9. The Kier molecular flexibility index (Phi) is 1.64. The molecule has 1 heterocycles. The van der Waals surface area contributed by atoms with E-state index in [2.05, 4.69) is 10.9 Å². The minimum atomic E-state index is -0.102. The van der Waals surface area contributed by atoms with Gasteiger partial charge >= 0.3 is 0 Å². The molecule has 1 aromatic heterocycles. The van der Waals surface area contributed by atoms with E-state index in [4.69, 9.17) is 6.42 Å². The zero-order valence-corrected chi connectivity index (χ0v) is 6.87. The number of nitrogens with one attached hydrogen (secondary N) is 1. The van der Waals surface area contributed by atoms with Gasteiger partial charge in [0.15, 0.2) is 0 Å². The van der Waals surface area contributed by atoms with Crippen molar-refractivity contribution in [2.75, 3.05) is 0 Å². The van der Waals surface area contributed by atoms with Crippen molar-refractivity contribution < 1.29 is 0 Å². The molecule has 0 bridgehead atoms. The maximum absolute atomic E-state index is 11.3. The molecule has 0 amide bonds. The summed E-state index contributed by atoms with van der Waals surface area (Å²) >= 11 is 0. The molecule has 0 atom stereocenters. The highest BCUT2D eigenvalue weighted by molar-refractivity contribution is 5.87. The Balaban J connectivity index is 3.03. The predicted molar refractivity (Wildman–Crippen MR) is 52.5 cm³/mol. The minimum absolute atomic E-state index is 0.102. The number of benzene rings is 1. The monoisotopic (exact) mass is 169 g/mol. The Morgan fingerprint density at radius 3 is 2.85 bits per heavy atom. The van der Waals surface area contributed by atoms with Gasteiger partial charge in [-0.25, -0.2) is 0 Å². The number of hydrogen-bond donors (Lipinski definition) is 1. The number of fused-ring (bicyclic) bond motifs is 1. The Bertz CT molecular complexity index is 546. The van der Waals surface area contributed by atoms with Crippen molar-refractivity contribution in [2.45, 2.75) is 0 Å². The van der Waals surface area contributed by atoms with Crippen LogP contribution in [0.2, 0.25) is 0 Å². The van der Waals surface area contributed by atoms with Crippen LogP contribution >= 0.6 is 0 Å². The van der Waals surface area contributed by atoms with Crippen molar-refractivity contribution in [1.82, 2.24) is 4.98 Å². The van der Waals surface area contributed by atoms with Gasteiger partial charge in [-0.05, 0) is 18.2 Å². The summed E-state index contributed by atoms with van der Waals surface area (Å²) in [5.41, 5.74) is 0.651. The van der Waals surface area contributed by atoms with Gasteiger partial charge in [0.2, 0.25) is 0 Å². The normalized spacial score (nSPS) is 9.77. The van der Waals surface area contributed by atoms with Crippen LogP contribution in [-0.2, 0) is 0 Å². The fraction of sp³-hybridized carbons (Fsp3) is 0. The first-order chi connectivity index (χ1) is 6.33. The third-order valence-corrected chi connectivity index (χ3v) is 1.97. The molecule has 0 fully saturated rings. The summed E-state index contributed by atoms with van der Waals surface area (Å²) in [6, 6.07) is 7.18. The van der Waals surface area contributed by atoms with Gasteiger partial charge in [0.25, 0.3) is 5.56 Å². The Morgan fingerprint density at radius 2 is 2.08 bits per heavy atom. The molecule has 0 unspecified atom stereocenters. The first-order valence-corrected chi connectivity index (χ1v) is 3.90. The van der Waals surface area contributed by atoms with Crippen molar-refractivity contribution in [1.29, 1.82) is 0 Å². The van der Waals surface area contributed by atoms with Crippen LogP contribution in [0.15, 0.2) is 35.3 Å². The second-order valence-electron chi connectivity index (χ2n) is 2.72. The summed E-state index contributed by atoms with van der Waals surface area (Å²) in [6.07, 6.45) is 6.91. The highest BCUT2D eigenvalue weighted by Gasteiger charge is 1.99. The largest absolute Gasteiger partial charge is 0.329 e. The van der Waals surface area contributed by atoms with Crippen LogP contribution in [0.4, 0.5) is 0 Å². The molecule has 2 aromatic rings. The van der Waals surface area contributed by atoms with Gasteiger partial charge in [-0.3, -0.25) is 4.79 Å². The lowest BCUT2D eigenvalue weighted by atomic mass is 10.1. The molecule has 0 aliphatic carbocycles. The van der Waals surface area contributed by atoms with Crippen LogP contribution in [0.25, 0.3) is 10.8 Å². The lowest BCUT2D eigenvalue weighted by molar-refractivity contribution is 1.28. The summed E-state index contributed by atoms with van der Waals surface area (Å²) in [5.74, 6) is 2.54. The van der Waals surface area contributed by atoms with Crippen molar-refractivity contribution >= 4 is 10.8 Å². The summed E-state index contributed by atoms with van der Waals surface area (Å²) < 4.78 is 0. The molecule has 62 valence electrons. The van der Waals surface area contributed by atoms with E-state index < -0.39 is 0 Å². The molecule has 2 rings (SSSR count). The van der Waals surface area contributed by atoms with E-state index in [0.29, 0.717) is 5.39 Å². The Labute approximate surface area is 75.2 Å². The molecule has 0 aliphatic heterocycles. The van der Waals surface area contributed by atoms with Crippen molar-refractivity contribution in [2.24, 2.45) is 0 Å². The van der Waals surface area contributed by atoms with Gasteiger partial charge in [-0.2, -0.15) is 0 Å². The van der Waals surface area contributed by atoms with Gasteiger partial charge < -0.3 is 4.98 Å². The van der Waals surface area contributed by atoms with Crippen molar-refractivity contribution in [3.63, 3.8) is 0 Å². The summed E-state index contributed by atoms with van der Waals surface area (Å²) in [7, 11) is 0. The molecule has 1 N–H and O–H groups in total. The molecule has 0 saturated carbocycles. The number of H-pyrrole nitrogens is 1. The highest BCUT2D eigenvalue weighted by atomic mass is 16.1. The average Bonchev–Trinajstić information content (AvgIpc) is 2.18. The van der Waals surface area contributed by atoms with Crippen LogP contribution in [0.3, 0.4) is 0 Å². The number of terminal acetylenes is 1. The third kappa shape index (κ3) is 1.11. The zero-order valence-electron chi connectivity index (χ0n) is 6.87. The fourth-order valence-corrected chi connectivity index (χ4v) is 1.35. The number of aromatic amines is 1. The Morgan fingerprint density at radius 1 is 1.23 bits per heavy atom.